The predicted molar refractivity (Wildman–Crippen MR) is 72.7 cm³/mol. The van der Waals surface area contributed by atoms with E-state index in [4.69, 9.17) is 5.26 Å². The van der Waals surface area contributed by atoms with E-state index in [0.717, 1.165) is 22.7 Å². The molecule has 0 radical (unpaired) electrons. The fourth-order valence-electron chi connectivity index (χ4n) is 2.02. The molecule has 1 N–H and O–H groups in total. The van der Waals surface area contributed by atoms with E-state index in [1.807, 2.05) is 29.8 Å². The highest BCUT2D eigenvalue weighted by atomic mass is 15.1. The van der Waals surface area contributed by atoms with Gasteiger partial charge in [0, 0.05) is 25.0 Å². The Morgan fingerprint density at radius 3 is 2.68 bits per heavy atom. The summed E-state index contributed by atoms with van der Waals surface area (Å²) < 4.78 is 1.97. The number of nitrogens with zero attached hydrogens (tertiary/aromatic N) is 4. The molecule has 5 heteroatoms. The van der Waals surface area contributed by atoms with Crippen molar-refractivity contribution >= 4 is 11.5 Å². The number of hydrogen-bond donors (Lipinski definition) is 1. The fourth-order valence-corrected chi connectivity index (χ4v) is 2.02. The minimum atomic E-state index is 0.648. The van der Waals surface area contributed by atoms with E-state index in [-0.39, 0.29) is 0 Å². The van der Waals surface area contributed by atoms with Crippen LogP contribution in [0.1, 0.15) is 5.56 Å². The highest BCUT2D eigenvalue weighted by Gasteiger charge is 2.09. The van der Waals surface area contributed by atoms with Crippen LogP contribution in [0.4, 0.5) is 5.82 Å². The third kappa shape index (κ3) is 1.79. The molecule has 92 valence electrons. The summed E-state index contributed by atoms with van der Waals surface area (Å²) in [7, 11) is 1.82. The van der Waals surface area contributed by atoms with E-state index in [9.17, 15) is 0 Å². The van der Waals surface area contributed by atoms with Gasteiger partial charge in [0.25, 0.3) is 0 Å². The Morgan fingerprint density at radius 2 is 2.00 bits per heavy atom. The van der Waals surface area contributed by atoms with Crippen LogP contribution in [0.3, 0.4) is 0 Å². The maximum atomic E-state index is 8.82. The second-order valence-corrected chi connectivity index (χ2v) is 4.05. The largest absolute Gasteiger partial charge is 0.370 e. The summed E-state index contributed by atoms with van der Waals surface area (Å²) in [6.07, 6.45) is 5.41. The van der Waals surface area contributed by atoms with Crippen LogP contribution in [0, 0.1) is 11.3 Å². The summed E-state index contributed by atoms with van der Waals surface area (Å²) in [4.78, 5) is 8.60. The van der Waals surface area contributed by atoms with Crippen LogP contribution in [0.2, 0.25) is 0 Å². The molecule has 0 unspecified atom stereocenters. The predicted octanol–water partition coefficient (Wildman–Crippen LogP) is 2.31. The Morgan fingerprint density at radius 1 is 1.21 bits per heavy atom. The number of aromatic nitrogens is 3. The Bertz CT molecular complexity index is 765. The van der Waals surface area contributed by atoms with Crippen LogP contribution < -0.4 is 5.32 Å². The first-order valence-corrected chi connectivity index (χ1v) is 5.84. The molecular formula is C14H11N5. The molecule has 19 heavy (non-hydrogen) atoms. The highest BCUT2D eigenvalue weighted by Crippen LogP contribution is 2.23. The quantitative estimate of drug-likeness (QED) is 0.756. The summed E-state index contributed by atoms with van der Waals surface area (Å²) >= 11 is 0. The lowest BCUT2D eigenvalue weighted by Gasteiger charge is -2.04. The average molecular weight is 249 g/mol. The Labute approximate surface area is 110 Å². The third-order valence-corrected chi connectivity index (χ3v) is 2.97. The van der Waals surface area contributed by atoms with Crippen molar-refractivity contribution in [3.63, 3.8) is 0 Å². The Kier molecular flexibility index (Phi) is 2.62. The lowest BCUT2D eigenvalue weighted by Crippen LogP contribution is -1.97. The number of imidazole rings is 1. The van der Waals surface area contributed by atoms with Crippen LogP contribution in [-0.2, 0) is 0 Å². The molecule has 1 aromatic carbocycles. The molecule has 0 bridgehead atoms. The first-order valence-electron chi connectivity index (χ1n) is 5.84. The van der Waals surface area contributed by atoms with Crippen molar-refractivity contribution in [3.8, 4) is 17.3 Å². The number of benzene rings is 1. The first kappa shape index (κ1) is 11.2. The zero-order valence-corrected chi connectivity index (χ0v) is 10.3. The summed E-state index contributed by atoms with van der Waals surface area (Å²) in [5.41, 5.74) is 3.41. The van der Waals surface area contributed by atoms with Gasteiger partial charge < -0.3 is 5.32 Å². The molecule has 0 atom stereocenters. The zero-order chi connectivity index (χ0) is 13.2. The van der Waals surface area contributed by atoms with Crippen LogP contribution in [0.25, 0.3) is 16.9 Å². The zero-order valence-electron chi connectivity index (χ0n) is 10.3. The molecule has 3 aromatic rings. The molecule has 0 amide bonds. The van der Waals surface area contributed by atoms with Gasteiger partial charge in [0.2, 0.25) is 0 Å². The summed E-state index contributed by atoms with van der Waals surface area (Å²) in [6.45, 7) is 0. The van der Waals surface area contributed by atoms with Crippen LogP contribution in [-0.4, -0.2) is 21.4 Å². The molecule has 0 saturated carbocycles. The van der Waals surface area contributed by atoms with Crippen molar-refractivity contribution in [1.82, 2.24) is 14.4 Å². The van der Waals surface area contributed by atoms with Crippen molar-refractivity contribution in [2.45, 2.75) is 0 Å². The Balaban J connectivity index is 2.17. The molecule has 0 aliphatic carbocycles. The van der Waals surface area contributed by atoms with Crippen molar-refractivity contribution < 1.29 is 0 Å². The van der Waals surface area contributed by atoms with Crippen LogP contribution in [0.5, 0.6) is 0 Å². The molecule has 0 saturated heterocycles. The molecule has 0 aliphatic rings. The average Bonchev–Trinajstić information content (AvgIpc) is 2.91. The monoisotopic (exact) mass is 249 g/mol. The van der Waals surface area contributed by atoms with Crippen molar-refractivity contribution in [2.75, 3.05) is 12.4 Å². The van der Waals surface area contributed by atoms with Gasteiger partial charge >= 0.3 is 0 Å². The minimum absolute atomic E-state index is 0.648. The van der Waals surface area contributed by atoms with Gasteiger partial charge in [0.15, 0.2) is 11.5 Å². The molecule has 3 rings (SSSR count). The normalized spacial score (nSPS) is 10.3. The minimum Gasteiger partial charge on any atom is -0.370 e. The van der Waals surface area contributed by atoms with Gasteiger partial charge in [-0.15, -0.1) is 0 Å². The van der Waals surface area contributed by atoms with Gasteiger partial charge in [-0.2, -0.15) is 5.26 Å². The summed E-state index contributed by atoms with van der Waals surface area (Å²) in [5, 5.41) is 11.8. The number of rotatable bonds is 2. The number of fused-ring (bicyclic) bond motifs is 1. The van der Waals surface area contributed by atoms with E-state index in [2.05, 4.69) is 21.4 Å². The standard InChI is InChI=1S/C14H11N5/c1-16-13-14-18-9-12(19(14)7-6-17-13)11-4-2-10(8-15)3-5-11/h2-7,9H,1H3,(H,16,17). The first-order chi connectivity index (χ1) is 9.33. The summed E-state index contributed by atoms with van der Waals surface area (Å²) in [6, 6.07) is 9.55. The highest BCUT2D eigenvalue weighted by molar-refractivity contribution is 5.70. The van der Waals surface area contributed by atoms with E-state index in [0.29, 0.717) is 5.56 Å². The number of hydrogen-bond acceptors (Lipinski definition) is 4. The molecule has 2 aromatic heterocycles. The van der Waals surface area contributed by atoms with Gasteiger partial charge in [0.1, 0.15) is 0 Å². The maximum absolute atomic E-state index is 8.82. The van der Waals surface area contributed by atoms with Crippen LogP contribution in [0.15, 0.2) is 42.9 Å². The lowest BCUT2D eigenvalue weighted by molar-refractivity contribution is 1.13. The Hall–Kier alpha value is -2.87. The van der Waals surface area contributed by atoms with Gasteiger partial charge in [-0.25, -0.2) is 9.97 Å². The molecule has 0 spiro atoms. The van der Waals surface area contributed by atoms with Crippen LogP contribution >= 0.6 is 0 Å². The SMILES string of the molecule is CNc1nccn2c(-c3ccc(C#N)cc3)cnc12. The molecule has 0 aliphatic heterocycles. The molecular weight excluding hydrogens is 238 g/mol. The summed E-state index contributed by atoms with van der Waals surface area (Å²) in [5.74, 6) is 0.738. The lowest BCUT2D eigenvalue weighted by atomic mass is 10.1. The number of nitriles is 1. The number of anilines is 1. The second kappa shape index (κ2) is 4.42. The fraction of sp³-hybridized carbons (Fsp3) is 0.0714. The maximum Gasteiger partial charge on any atom is 0.180 e. The van der Waals surface area contributed by atoms with Gasteiger partial charge in [0.05, 0.1) is 23.5 Å². The topological polar surface area (TPSA) is 66.0 Å². The second-order valence-electron chi connectivity index (χ2n) is 4.05. The van der Waals surface area contributed by atoms with Gasteiger partial charge in [-0.3, -0.25) is 4.40 Å². The van der Waals surface area contributed by atoms with Gasteiger partial charge in [-0.05, 0) is 12.1 Å². The third-order valence-electron chi connectivity index (χ3n) is 2.97. The van der Waals surface area contributed by atoms with Crippen molar-refractivity contribution in [2.24, 2.45) is 0 Å². The molecule has 2 heterocycles. The smallest absolute Gasteiger partial charge is 0.180 e. The van der Waals surface area contributed by atoms with Crippen molar-refractivity contribution in [3.05, 3.63) is 48.4 Å². The van der Waals surface area contributed by atoms with E-state index in [1.165, 1.54) is 0 Å². The van der Waals surface area contributed by atoms with E-state index in [1.54, 1.807) is 24.5 Å². The molecule has 0 fully saturated rings. The van der Waals surface area contributed by atoms with Gasteiger partial charge in [-0.1, -0.05) is 12.1 Å². The van der Waals surface area contributed by atoms with E-state index >= 15 is 0 Å². The van der Waals surface area contributed by atoms with E-state index < -0.39 is 0 Å². The van der Waals surface area contributed by atoms with Crippen molar-refractivity contribution in [1.29, 1.82) is 5.26 Å². The number of nitrogens with one attached hydrogen (secondary N) is 1. The molecule has 5 nitrogen and oxygen atoms in total.